The monoisotopic (exact) mass is 278 g/mol. The van der Waals surface area contributed by atoms with Gasteiger partial charge in [-0.1, -0.05) is 6.07 Å². The standard InChI is InChI=1S/C14H18N2O4/c1-14(2,19)12(17)11-7-16-6-9-4-3-8(13(15)18)5-10(9)20-11/h3-5,11,16,19H,6-7H2,1-2H3,(H2,15,18). The van der Waals surface area contributed by atoms with Gasteiger partial charge in [-0.15, -0.1) is 0 Å². The molecule has 108 valence electrons. The first-order valence-electron chi connectivity index (χ1n) is 6.36. The Morgan fingerprint density at radius 1 is 1.45 bits per heavy atom. The van der Waals surface area contributed by atoms with Crippen molar-refractivity contribution in [2.75, 3.05) is 6.54 Å². The van der Waals surface area contributed by atoms with Gasteiger partial charge in [0.25, 0.3) is 0 Å². The molecule has 1 aromatic carbocycles. The number of aliphatic hydroxyl groups is 1. The van der Waals surface area contributed by atoms with Gasteiger partial charge < -0.3 is 20.9 Å². The summed E-state index contributed by atoms with van der Waals surface area (Å²) in [5.74, 6) is -0.532. The van der Waals surface area contributed by atoms with Crippen LogP contribution in [0.1, 0.15) is 29.8 Å². The number of benzene rings is 1. The number of amides is 1. The van der Waals surface area contributed by atoms with Gasteiger partial charge in [-0.3, -0.25) is 9.59 Å². The average molecular weight is 278 g/mol. The van der Waals surface area contributed by atoms with Gasteiger partial charge in [-0.2, -0.15) is 0 Å². The molecule has 1 heterocycles. The fourth-order valence-electron chi connectivity index (χ4n) is 2.04. The zero-order valence-corrected chi connectivity index (χ0v) is 11.5. The Kier molecular flexibility index (Phi) is 3.78. The molecule has 1 amide bonds. The molecule has 0 aliphatic carbocycles. The lowest BCUT2D eigenvalue weighted by atomic mass is 9.99. The van der Waals surface area contributed by atoms with Crippen LogP contribution in [0.2, 0.25) is 0 Å². The molecule has 1 aliphatic rings. The Morgan fingerprint density at radius 3 is 2.75 bits per heavy atom. The second kappa shape index (κ2) is 5.22. The van der Waals surface area contributed by atoms with Gasteiger partial charge in [0.1, 0.15) is 11.4 Å². The highest BCUT2D eigenvalue weighted by molar-refractivity contribution is 5.93. The molecule has 0 aromatic heterocycles. The van der Waals surface area contributed by atoms with Crippen LogP contribution in [0.25, 0.3) is 0 Å². The van der Waals surface area contributed by atoms with Crippen LogP contribution in [-0.2, 0) is 11.3 Å². The topological polar surface area (TPSA) is 102 Å². The Labute approximate surface area is 116 Å². The van der Waals surface area contributed by atoms with Crippen molar-refractivity contribution in [3.63, 3.8) is 0 Å². The van der Waals surface area contributed by atoms with E-state index in [0.29, 0.717) is 24.4 Å². The quantitative estimate of drug-likeness (QED) is 0.721. The van der Waals surface area contributed by atoms with Crippen molar-refractivity contribution in [2.45, 2.75) is 32.1 Å². The maximum Gasteiger partial charge on any atom is 0.248 e. The van der Waals surface area contributed by atoms with Crippen LogP contribution in [-0.4, -0.2) is 35.0 Å². The summed E-state index contributed by atoms with van der Waals surface area (Å²) in [4.78, 5) is 23.3. The fraction of sp³-hybridized carbons (Fsp3) is 0.429. The third kappa shape index (κ3) is 2.97. The number of ether oxygens (including phenoxy) is 1. The van der Waals surface area contributed by atoms with E-state index in [0.717, 1.165) is 5.56 Å². The summed E-state index contributed by atoms with van der Waals surface area (Å²) < 4.78 is 5.66. The van der Waals surface area contributed by atoms with Crippen LogP contribution < -0.4 is 15.8 Å². The summed E-state index contributed by atoms with van der Waals surface area (Å²) in [5.41, 5.74) is 4.91. The van der Waals surface area contributed by atoms with Gasteiger partial charge in [0, 0.05) is 24.2 Å². The lowest BCUT2D eigenvalue weighted by Gasteiger charge is -2.23. The van der Waals surface area contributed by atoms with E-state index in [1.54, 1.807) is 12.1 Å². The van der Waals surface area contributed by atoms with E-state index in [1.165, 1.54) is 19.9 Å². The fourth-order valence-corrected chi connectivity index (χ4v) is 2.04. The van der Waals surface area contributed by atoms with Crippen LogP contribution in [0.5, 0.6) is 5.75 Å². The SMILES string of the molecule is CC(C)(O)C(=O)C1CNCc2ccc(C(N)=O)cc2O1. The summed E-state index contributed by atoms with van der Waals surface area (Å²) >= 11 is 0. The first-order valence-corrected chi connectivity index (χ1v) is 6.36. The highest BCUT2D eigenvalue weighted by Crippen LogP contribution is 2.25. The van der Waals surface area contributed by atoms with Gasteiger partial charge in [-0.05, 0) is 26.0 Å². The normalized spacial score (nSPS) is 18.6. The predicted octanol–water partition coefficient (Wildman–Crippen LogP) is -0.0239. The zero-order chi connectivity index (χ0) is 14.9. The molecule has 1 unspecified atom stereocenters. The molecule has 0 bridgehead atoms. The molecule has 0 saturated heterocycles. The second-order valence-electron chi connectivity index (χ2n) is 5.35. The van der Waals surface area contributed by atoms with E-state index in [2.05, 4.69) is 5.32 Å². The largest absolute Gasteiger partial charge is 0.481 e. The molecule has 4 N–H and O–H groups in total. The summed E-state index contributed by atoms with van der Waals surface area (Å²) in [5, 5.41) is 12.9. The molecular formula is C14H18N2O4. The van der Waals surface area contributed by atoms with Crippen molar-refractivity contribution < 1.29 is 19.4 Å². The number of hydrogen-bond acceptors (Lipinski definition) is 5. The Balaban J connectivity index is 2.31. The van der Waals surface area contributed by atoms with Crippen LogP contribution in [0.4, 0.5) is 0 Å². The average Bonchev–Trinajstić information content (AvgIpc) is 2.57. The molecular weight excluding hydrogens is 260 g/mol. The number of fused-ring (bicyclic) bond motifs is 1. The van der Waals surface area contributed by atoms with Gasteiger partial charge in [0.2, 0.25) is 11.7 Å². The van der Waals surface area contributed by atoms with Crippen molar-refractivity contribution in [1.82, 2.24) is 5.32 Å². The third-order valence-electron chi connectivity index (χ3n) is 3.16. The van der Waals surface area contributed by atoms with Gasteiger partial charge in [0.15, 0.2) is 6.10 Å². The van der Waals surface area contributed by atoms with E-state index >= 15 is 0 Å². The number of nitrogens with two attached hydrogens (primary N) is 1. The maximum absolute atomic E-state index is 12.1. The molecule has 0 radical (unpaired) electrons. The van der Waals surface area contributed by atoms with Crippen LogP contribution >= 0.6 is 0 Å². The van der Waals surface area contributed by atoms with Gasteiger partial charge in [-0.25, -0.2) is 0 Å². The summed E-state index contributed by atoms with van der Waals surface area (Å²) in [7, 11) is 0. The molecule has 2 rings (SSSR count). The molecule has 1 aliphatic heterocycles. The van der Waals surface area contributed by atoms with Gasteiger partial charge in [0.05, 0.1) is 0 Å². The van der Waals surface area contributed by atoms with Crippen molar-refractivity contribution in [3.05, 3.63) is 29.3 Å². The van der Waals surface area contributed by atoms with E-state index in [9.17, 15) is 14.7 Å². The van der Waals surface area contributed by atoms with Crippen molar-refractivity contribution >= 4 is 11.7 Å². The summed E-state index contributed by atoms with van der Waals surface area (Å²) in [6.45, 7) is 3.65. The molecule has 0 saturated carbocycles. The number of hydrogen-bond donors (Lipinski definition) is 3. The Morgan fingerprint density at radius 2 is 2.15 bits per heavy atom. The highest BCUT2D eigenvalue weighted by Gasteiger charge is 2.34. The minimum atomic E-state index is -1.47. The number of carbonyl (C=O) groups is 2. The molecule has 6 heteroatoms. The number of rotatable bonds is 3. The summed E-state index contributed by atoms with van der Waals surface area (Å²) in [6, 6.07) is 4.87. The highest BCUT2D eigenvalue weighted by atomic mass is 16.5. The summed E-state index contributed by atoms with van der Waals surface area (Å²) in [6.07, 6.45) is -0.806. The van der Waals surface area contributed by atoms with Crippen LogP contribution in [0.15, 0.2) is 18.2 Å². The predicted molar refractivity (Wildman–Crippen MR) is 72.4 cm³/mol. The van der Waals surface area contributed by atoms with Crippen molar-refractivity contribution in [3.8, 4) is 5.75 Å². The first-order chi connectivity index (χ1) is 9.29. The minimum absolute atomic E-state index is 0.295. The van der Waals surface area contributed by atoms with Crippen LogP contribution in [0.3, 0.4) is 0 Å². The lowest BCUT2D eigenvalue weighted by Crippen LogP contribution is -2.46. The zero-order valence-electron chi connectivity index (χ0n) is 11.5. The van der Waals surface area contributed by atoms with Gasteiger partial charge >= 0.3 is 0 Å². The first kappa shape index (κ1) is 14.5. The number of ketones is 1. The lowest BCUT2D eigenvalue weighted by molar-refractivity contribution is -0.141. The number of Topliss-reactive ketones (excluding diaryl/α,β-unsaturated/α-hetero) is 1. The second-order valence-corrected chi connectivity index (χ2v) is 5.35. The van der Waals surface area contributed by atoms with E-state index in [1.807, 2.05) is 0 Å². The van der Waals surface area contributed by atoms with Crippen molar-refractivity contribution in [1.29, 1.82) is 0 Å². The van der Waals surface area contributed by atoms with E-state index in [-0.39, 0.29) is 0 Å². The number of carbonyl (C=O) groups excluding carboxylic acids is 2. The van der Waals surface area contributed by atoms with Crippen LogP contribution in [0, 0.1) is 0 Å². The molecule has 1 atom stereocenters. The Hall–Kier alpha value is -1.92. The maximum atomic E-state index is 12.1. The number of primary amides is 1. The molecule has 1 aromatic rings. The molecule has 20 heavy (non-hydrogen) atoms. The van der Waals surface area contributed by atoms with E-state index in [4.69, 9.17) is 10.5 Å². The molecule has 6 nitrogen and oxygen atoms in total. The smallest absolute Gasteiger partial charge is 0.248 e. The van der Waals surface area contributed by atoms with Crippen molar-refractivity contribution in [2.24, 2.45) is 5.73 Å². The molecule has 0 spiro atoms. The number of nitrogens with one attached hydrogen (secondary N) is 1. The van der Waals surface area contributed by atoms with E-state index < -0.39 is 23.4 Å². The minimum Gasteiger partial charge on any atom is -0.481 e. The third-order valence-corrected chi connectivity index (χ3v) is 3.16. The Bertz CT molecular complexity index is 549. The molecule has 0 fully saturated rings.